The average molecular weight is 353 g/mol. The number of likely N-dealkylation sites (tertiary alicyclic amines) is 1. The number of aliphatic imine (C=N–C) groups is 1. The SMILES string of the molecule is CCN=C(NC1CC1)N1CCC(COC)C1.I. The third-order valence-electron chi connectivity index (χ3n) is 3.21. The Kier molecular flexibility index (Phi) is 6.54. The van der Waals surface area contributed by atoms with Crippen molar-refractivity contribution in [3.05, 3.63) is 0 Å². The maximum absolute atomic E-state index is 5.22. The summed E-state index contributed by atoms with van der Waals surface area (Å²) in [6, 6.07) is 0.687. The zero-order chi connectivity index (χ0) is 11.4. The largest absolute Gasteiger partial charge is 0.384 e. The average Bonchev–Trinajstić information content (AvgIpc) is 2.96. The second-order valence-corrected chi connectivity index (χ2v) is 4.77. The highest BCUT2D eigenvalue weighted by atomic mass is 127. The first-order valence-electron chi connectivity index (χ1n) is 6.38. The molecule has 1 unspecified atom stereocenters. The summed E-state index contributed by atoms with van der Waals surface area (Å²) in [5.74, 6) is 1.79. The first-order valence-corrected chi connectivity index (χ1v) is 6.38. The van der Waals surface area contributed by atoms with E-state index in [1.54, 1.807) is 7.11 Å². The second kappa shape index (κ2) is 7.41. The van der Waals surface area contributed by atoms with Crippen molar-refractivity contribution in [2.24, 2.45) is 10.9 Å². The van der Waals surface area contributed by atoms with Crippen LogP contribution in [0.1, 0.15) is 26.2 Å². The lowest BCUT2D eigenvalue weighted by atomic mass is 10.1. The Morgan fingerprint density at radius 1 is 1.41 bits per heavy atom. The second-order valence-electron chi connectivity index (χ2n) is 4.77. The Morgan fingerprint density at radius 3 is 2.76 bits per heavy atom. The van der Waals surface area contributed by atoms with Crippen LogP contribution in [0.15, 0.2) is 4.99 Å². The molecule has 0 amide bonds. The molecule has 0 radical (unpaired) electrons. The number of halogens is 1. The van der Waals surface area contributed by atoms with E-state index < -0.39 is 0 Å². The van der Waals surface area contributed by atoms with Gasteiger partial charge in [-0.2, -0.15) is 0 Å². The molecule has 0 bridgehead atoms. The minimum Gasteiger partial charge on any atom is -0.384 e. The van der Waals surface area contributed by atoms with Gasteiger partial charge in [0.05, 0.1) is 6.61 Å². The van der Waals surface area contributed by atoms with E-state index in [1.165, 1.54) is 19.3 Å². The van der Waals surface area contributed by atoms with Gasteiger partial charge in [0.1, 0.15) is 0 Å². The van der Waals surface area contributed by atoms with E-state index in [4.69, 9.17) is 4.74 Å². The Labute approximate surface area is 121 Å². The van der Waals surface area contributed by atoms with Crippen LogP contribution in [0.4, 0.5) is 0 Å². The molecule has 1 atom stereocenters. The third kappa shape index (κ3) is 4.62. The molecular weight excluding hydrogens is 329 g/mol. The first kappa shape index (κ1) is 15.0. The highest BCUT2D eigenvalue weighted by Crippen LogP contribution is 2.21. The van der Waals surface area contributed by atoms with Crippen LogP contribution in [-0.2, 0) is 4.74 Å². The van der Waals surface area contributed by atoms with Gasteiger partial charge in [-0.1, -0.05) is 0 Å². The van der Waals surface area contributed by atoms with Crippen LogP contribution in [0, 0.1) is 5.92 Å². The molecule has 1 saturated heterocycles. The van der Waals surface area contributed by atoms with Gasteiger partial charge in [0.15, 0.2) is 5.96 Å². The molecule has 2 rings (SSSR count). The molecule has 1 aliphatic heterocycles. The Balaban J connectivity index is 0.00000144. The molecule has 0 aromatic heterocycles. The molecule has 100 valence electrons. The van der Waals surface area contributed by atoms with Crippen molar-refractivity contribution in [2.45, 2.75) is 32.2 Å². The molecule has 5 heteroatoms. The van der Waals surface area contributed by atoms with Crippen molar-refractivity contribution in [3.8, 4) is 0 Å². The fourth-order valence-corrected chi connectivity index (χ4v) is 2.19. The maximum atomic E-state index is 5.22. The molecule has 0 aromatic rings. The summed E-state index contributed by atoms with van der Waals surface area (Å²) >= 11 is 0. The molecular formula is C12H24IN3O. The van der Waals surface area contributed by atoms with E-state index in [9.17, 15) is 0 Å². The molecule has 1 aliphatic carbocycles. The number of ether oxygens (including phenoxy) is 1. The summed E-state index contributed by atoms with van der Waals surface area (Å²) in [5, 5.41) is 3.53. The van der Waals surface area contributed by atoms with Crippen molar-refractivity contribution in [3.63, 3.8) is 0 Å². The molecule has 0 spiro atoms. The van der Waals surface area contributed by atoms with E-state index in [1.807, 2.05) is 0 Å². The fourth-order valence-electron chi connectivity index (χ4n) is 2.19. The lowest BCUT2D eigenvalue weighted by Gasteiger charge is -2.21. The smallest absolute Gasteiger partial charge is 0.194 e. The molecule has 1 heterocycles. The van der Waals surface area contributed by atoms with Crippen molar-refractivity contribution in [2.75, 3.05) is 33.4 Å². The molecule has 2 fully saturated rings. The fraction of sp³-hybridized carbons (Fsp3) is 0.917. The Morgan fingerprint density at radius 2 is 2.18 bits per heavy atom. The first-order chi connectivity index (χ1) is 7.83. The minimum absolute atomic E-state index is 0. The van der Waals surface area contributed by atoms with Crippen LogP contribution < -0.4 is 5.32 Å². The van der Waals surface area contributed by atoms with E-state index >= 15 is 0 Å². The summed E-state index contributed by atoms with van der Waals surface area (Å²) in [6.07, 6.45) is 3.83. The number of methoxy groups -OCH3 is 1. The summed E-state index contributed by atoms with van der Waals surface area (Å²) < 4.78 is 5.22. The van der Waals surface area contributed by atoms with Gasteiger partial charge in [0.25, 0.3) is 0 Å². The molecule has 17 heavy (non-hydrogen) atoms. The summed E-state index contributed by atoms with van der Waals surface area (Å²) in [5.41, 5.74) is 0. The predicted octanol–water partition coefficient (Wildman–Crippen LogP) is 1.70. The highest BCUT2D eigenvalue weighted by molar-refractivity contribution is 14.0. The minimum atomic E-state index is 0. The van der Waals surface area contributed by atoms with Crippen LogP contribution in [0.2, 0.25) is 0 Å². The Bertz CT molecular complexity index is 256. The van der Waals surface area contributed by atoms with E-state index in [0.29, 0.717) is 12.0 Å². The topological polar surface area (TPSA) is 36.9 Å². The number of guanidine groups is 1. The van der Waals surface area contributed by atoms with Gasteiger partial charge in [-0.25, -0.2) is 0 Å². The van der Waals surface area contributed by atoms with Crippen LogP contribution in [-0.4, -0.2) is 50.3 Å². The van der Waals surface area contributed by atoms with Crippen LogP contribution in [0.5, 0.6) is 0 Å². The van der Waals surface area contributed by atoms with Crippen molar-refractivity contribution < 1.29 is 4.74 Å². The quantitative estimate of drug-likeness (QED) is 0.475. The van der Waals surface area contributed by atoms with Gasteiger partial charge in [-0.15, -0.1) is 24.0 Å². The monoisotopic (exact) mass is 353 g/mol. The zero-order valence-electron chi connectivity index (χ0n) is 10.8. The molecule has 1 N–H and O–H groups in total. The third-order valence-corrected chi connectivity index (χ3v) is 3.21. The van der Waals surface area contributed by atoms with Gasteiger partial charge >= 0.3 is 0 Å². The number of hydrogen-bond donors (Lipinski definition) is 1. The van der Waals surface area contributed by atoms with Gasteiger partial charge in [0.2, 0.25) is 0 Å². The Hall–Kier alpha value is -0.0400. The summed E-state index contributed by atoms with van der Waals surface area (Å²) in [4.78, 5) is 6.95. The zero-order valence-corrected chi connectivity index (χ0v) is 13.1. The van der Waals surface area contributed by atoms with E-state index in [2.05, 4.69) is 22.1 Å². The predicted molar refractivity (Wildman–Crippen MR) is 81.1 cm³/mol. The van der Waals surface area contributed by atoms with E-state index in [0.717, 1.165) is 32.2 Å². The lowest BCUT2D eigenvalue weighted by molar-refractivity contribution is 0.157. The van der Waals surface area contributed by atoms with Crippen LogP contribution in [0.3, 0.4) is 0 Å². The van der Waals surface area contributed by atoms with Crippen molar-refractivity contribution >= 4 is 29.9 Å². The van der Waals surface area contributed by atoms with Gasteiger partial charge in [0, 0.05) is 38.7 Å². The van der Waals surface area contributed by atoms with Crippen LogP contribution in [0.25, 0.3) is 0 Å². The lowest BCUT2D eigenvalue weighted by Crippen LogP contribution is -2.41. The van der Waals surface area contributed by atoms with Crippen molar-refractivity contribution in [1.29, 1.82) is 0 Å². The number of rotatable bonds is 4. The molecule has 0 aromatic carbocycles. The van der Waals surface area contributed by atoms with Gasteiger partial charge in [-0.05, 0) is 26.2 Å². The number of nitrogens with zero attached hydrogens (tertiary/aromatic N) is 2. The molecule has 2 aliphatic rings. The molecule has 4 nitrogen and oxygen atoms in total. The number of hydrogen-bond acceptors (Lipinski definition) is 2. The van der Waals surface area contributed by atoms with Crippen LogP contribution >= 0.6 is 24.0 Å². The summed E-state index contributed by atoms with van der Waals surface area (Å²) in [6.45, 7) is 6.04. The maximum Gasteiger partial charge on any atom is 0.194 e. The van der Waals surface area contributed by atoms with Gasteiger partial charge < -0.3 is 15.0 Å². The molecule has 1 saturated carbocycles. The summed E-state index contributed by atoms with van der Waals surface area (Å²) in [7, 11) is 1.78. The normalized spacial score (nSPS) is 24.7. The van der Waals surface area contributed by atoms with Gasteiger partial charge in [-0.3, -0.25) is 4.99 Å². The standard InChI is InChI=1S/C12H23N3O.HI/c1-3-13-12(14-11-4-5-11)15-7-6-10(8-15)9-16-2;/h10-11H,3-9H2,1-2H3,(H,13,14);1H. The number of nitrogens with one attached hydrogen (secondary N) is 1. The highest BCUT2D eigenvalue weighted by Gasteiger charge is 2.28. The van der Waals surface area contributed by atoms with Crippen molar-refractivity contribution in [1.82, 2.24) is 10.2 Å². The van der Waals surface area contributed by atoms with E-state index in [-0.39, 0.29) is 24.0 Å².